The van der Waals surface area contributed by atoms with Crippen molar-refractivity contribution in [2.24, 2.45) is 0 Å². The number of carbonyl (C=O) groups excluding carboxylic acids is 1. The van der Waals surface area contributed by atoms with Crippen LogP contribution in [-0.2, 0) is 4.79 Å². The zero-order valence-electron chi connectivity index (χ0n) is 12.3. The van der Waals surface area contributed by atoms with Gasteiger partial charge in [0.15, 0.2) is 11.5 Å². The molecule has 1 aliphatic heterocycles. The van der Waals surface area contributed by atoms with Crippen LogP contribution in [0.4, 0.5) is 11.5 Å². The Labute approximate surface area is 132 Å². The standard InChI is InChI=1S/C15H15N7O/c23-15(16-11-5-2-1-3-6-11)12-7-4-10-21(12)14-9-8-13-17-19-20-22(13)18-14/h1-3,5-6,8-9,12H,4,7,10H2,(H,16,23). The molecule has 23 heavy (non-hydrogen) atoms. The number of aromatic nitrogens is 5. The van der Waals surface area contributed by atoms with Crippen LogP contribution in [0.2, 0.25) is 0 Å². The van der Waals surface area contributed by atoms with Crippen molar-refractivity contribution in [2.45, 2.75) is 18.9 Å². The van der Waals surface area contributed by atoms with Crippen LogP contribution in [0, 0.1) is 0 Å². The number of nitrogens with zero attached hydrogens (tertiary/aromatic N) is 6. The first-order valence-electron chi connectivity index (χ1n) is 7.49. The first-order valence-corrected chi connectivity index (χ1v) is 7.49. The Morgan fingerprint density at radius 1 is 1.17 bits per heavy atom. The summed E-state index contributed by atoms with van der Waals surface area (Å²) in [4.78, 5) is 14.6. The smallest absolute Gasteiger partial charge is 0.247 e. The van der Waals surface area contributed by atoms with E-state index in [2.05, 4.69) is 25.9 Å². The van der Waals surface area contributed by atoms with Gasteiger partial charge in [-0.2, -0.15) is 0 Å². The molecule has 0 aliphatic carbocycles. The molecule has 0 saturated carbocycles. The zero-order valence-corrected chi connectivity index (χ0v) is 12.3. The van der Waals surface area contributed by atoms with E-state index in [4.69, 9.17) is 0 Å². The molecule has 3 heterocycles. The van der Waals surface area contributed by atoms with Crippen LogP contribution >= 0.6 is 0 Å². The first kappa shape index (κ1) is 13.6. The van der Waals surface area contributed by atoms with Crippen molar-refractivity contribution in [1.29, 1.82) is 0 Å². The van der Waals surface area contributed by atoms with E-state index in [0.717, 1.165) is 25.1 Å². The summed E-state index contributed by atoms with van der Waals surface area (Å²) in [5, 5.41) is 18.6. The maximum Gasteiger partial charge on any atom is 0.247 e. The largest absolute Gasteiger partial charge is 0.343 e. The van der Waals surface area contributed by atoms with E-state index in [9.17, 15) is 4.79 Å². The predicted molar refractivity (Wildman–Crippen MR) is 84.0 cm³/mol. The Bertz CT molecular complexity index is 832. The molecule has 116 valence electrons. The molecular weight excluding hydrogens is 294 g/mol. The summed E-state index contributed by atoms with van der Waals surface area (Å²) in [6, 6.07) is 12.9. The fourth-order valence-corrected chi connectivity index (χ4v) is 2.85. The van der Waals surface area contributed by atoms with Crippen molar-refractivity contribution in [3.05, 3.63) is 42.5 Å². The van der Waals surface area contributed by atoms with Gasteiger partial charge in [-0.05, 0) is 47.5 Å². The van der Waals surface area contributed by atoms with E-state index < -0.39 is 0 Å². The summed E-state index contributed by atoms with van der Waals surface area (Å²) in [5.74, 6) is 0.683. The molecule has 8 nitrogen and oxygen atoms in total. The number of amides is 1. The van der Waals surface area contributed by atoms with Gasteiger partial charge in [0.1, 0.15) is 6.04 Å². The molecule has 1 N–H and O–H groups in total. The molecule has 1 aliphatic rings. The fourth-order valence-electron chi connectivity index (χ4n) is 2.85. The number of carbonyl (C=O) groups is 1. The van der Waals surface area contributed by atoms with Crippen LogP contribution in [0.1, 0.15) is 12.8 Å². The molecule has 2 aromatic heterocycles. The van der Waals surface area contributed by atoms with Crippen LogP contribution < -0.4 is 10.2 Å². The highest BCUT2D eigenvalue weighted by molar-refractivity contribution is 5.97. The van der Waals surface area contributed by atoms with Crippen molar-refractivity contribution in [2.75, 3.05) is 16.8 Å². The summed E-state index contributed by atoms with van der Waals surface area (Å²) < 4.78 is 1.37. The molecule has 1 amide bonds. The van der Waals surface area contributed by atoms with Gasteiger partial charge in [0.25, 0.3) is 0 Å². The van der Waals surface area contributed by atoms with Gasteiger partial charge in [-0.1, -0.05) is 18.2 Å². The Morgan fingerprint density at radius 3 is 2.91 bits per heavy atom. The van der Waals surface area contributed by atoms with Crippen LogP contribution in [0.25, 0.3) is 5.65 Å². The van der Waals surface area contributed by atoms with Gasteiger partial charge in [0, 0.05) is 12.2 Å². The normalized spacial score (nSPS) is 17.6. The quantitative estimate of drug-likeness (QED) is 0.780. The number of tetrazole rings is 1. The van der Waals surface area contributed by atoms with E-state index in [1.165, 1.54) is 4.63 Å². The van der Waals surface area contributed by atoms with Crippen molar-refractivity contribution >= 4 is 23.1 Å². The molecule has 1 saturated heterocycles. The highest BCUT2D eigenvalue weighted by Gasteiger charge is 2.32. The van der Waals surface area contributed by atoms with E-state index in [1.54, 1.807) is 6.07 Å². The van der Waals surface area contributed by atoms with Crippen LogP contribution in [0.3, 0.4) is 0 Å². The Balaban J connectivity index is 1.57. The van der Waals surface area contributed by atoms with Crippen LogP contribution in [-0.4, -0.2) is 43.7 Å². The molecule has 1 atom stereocenters. The lowest BCUT2D eigenvalue weighted by atomic mass is 10.2. The van der Waals surface area contributed by atoms with Gasteiger partial charge in [-0.15, -0.1) is 14.8 Å². The summed E-state index contributed by atoms with van der Waals surface area (Å²) in [7, 11) is 0. The van der Waals surface area contributed by atoms with Gasteiger partial charge in [-0.3, -0.25) is 4.79 Å². The highest BCUT2D eigenvalue weighted by atomic mass is 16.2. The van der Waals surface area contributed by atoms with Crippen molar-refractivity contribution in [1.82, 2.24) is 25.3 Å². The Hall–Kier alpha value is -3.03. The third-order valence-electron chi connectivity index (χ3n) is 3.95. The minimum atomic E-state index is -0.239. The Kier molecular flexibility index (Phi) is 3.34. The lowest BCUT2D eigenvalue weighted by Crippen LogP contribution is -2.40. The molecule has 1 aromatic carbocycles. The van der Waals surface area contributed by atoms with Crippen LogP contribution in [0.15, 0.2) is 42.5 Å². The average Bonchev–Trinajstić information content (AvgIpc) is 3.24. The van der Waals surface area contributed by atoms with E-state index >= 15 is 0 Å². The van der Waals surface area contributed by atoms with Gasteiger partial charge in [0.2, 0.25) is 5.91 Å². The van der Waals surface area contributed by atoms with E-state index in [-0.39, 0.29) is 11.9 Å². The number of rotatable bonds is 3. The molecule has 0 bridgehead atoms. The average molecular weight is 309 g/mol. The predicted octanol–water partition coefficient (Wildman–Crippen LogP) is 1.13. The molecule has 0 spiro atoms. The summed E-state index contributed by atoms with van der Waals surface area (Å²) in [6.45, 7) is 0.785. The third-order valence-corrected chi connectivity index (χ3v) is 3.95. The number of hydrogen-bond acceptors (Lipinski definition) is 6. The van der Waals surface area contributed by atoms with E-state index in [0.29, 0.717) is 11.5 Å². The number of benzene rings is 1. The SMILES string of the molecule is O=C(Nc1ccccc1)C1CCCN1c1ccc2nnnn2n1. The lowest BCUT2D eigenvalue weighted by molar-refractivity contribution is -0.117. The lowest BCUT2D eigenvalue weighted by Gasteiger charge is -2.24. The van der Waals surface area contributed by atoms with Crippen molar-refractivity contribution in [3.63, 3.8) is 0 Å². The molecule has 1 unspecified atom stereocenters. The topological polar surface area (TPSA) is 88.3 Å². The van der Waals surface area contributed by atoms with Gasteiger partial charge < -0.3 is 10.2 Å². The number of para-hydroxylation sites is 1. The molecule has 0 radical (unpaired) electrons. The minimum Gasteiger partial charge on any atom is -0.343 e. The number of nitrogens with one attached hydrogen (secondary N) is 1. The maximum absolute atomic E-state index is 12.6. The Morgan fingerprint density at radius 2 is 2.04 bits per heavy atom. The summed E-state index contributed by atoms with van der Waals surface area (Å²) in [5.41, 5.74) is 1.38. The summed E-state index contributed by atoms with van der Waals surface area (Å²) >= 11 is 0. The van der Waals surface area contributed by atoms with E-state index in [1.807, 2.05) is 41.3 Å². The first-order chi connectivity index (χ1) is 11.3. The summed E-state index contributed by atoms with van der Waals surface area (Å²) in [6.07, 6.45) is 1.75. The van der Waals surface area contributed by atoms with Crippen molar-refractivity contribution in [3.8, 4) is 0 Å². The highest BCUT2D eigenvalue weighted by Crippen LogP contribution is 2.24. The van der Waals surface area contributed by atoms with Crippen LogP contribution in [0.5, 0.6) is 0 Å². The fraction of sp³-hybridized carbons (Fsp3) is 0.267. The molecule has 8 heteroatoms. The van der Waals surface area contributed by atoms with Crippen molar-refractivity contribution < 1.29 is 4.79 Å². The van der Waals surface area contributed by atoms with Gasteiger partial charge >= 0.3 is 0 Å². The molecule has 3 aromatic rings. The molecule has 4 rings (SSSR count). The second kappa shape index (κ2) is 5.64. The zero-order chi connectivity index (χ0) is 15.6. The second-order valence-electron chi connectivity index (χ2n) is 5.42. The van der Waals surface area contributed by atoms with Gasteiger partial charge in [-0.25, -0.2) is 0 Å². The second-order valence-corrected chi connectivity index (χ2v) is 5.42. The molecular formula is C15H15N7O. The van der Waals surface area contributed by atoms with Gasteiger partial charge in [0.05, 0.1) is 0 Å². The minimum absolute atomic E-state index is 0.0210. The number of hydrogen-bond donors (Lipinski definition) is 1. The third kappa shape index (κ3) is 2.59. The maximum atomic E-state index is 12.6. The monoisotopic (exact) mass is 309 g/mol. The number of anilines is 2. The number of fused-ring (bicyclic) bond motifs is 1. The molecule has 1 fully saturated rings.